The highest BCUT2D eigenvalue weighted by Crippen LogP contribution is 2.10. The summed E-state index contributed by atoms with van der Waals surface area (Å²) in [6.07, 6.45) is 4.01. The number of ether oxygens (including phenoxy) is 1. The molecule has 1 saturated heterocycles. The Hall–Kier alpha value is -1.83. The fourth-order valence-electron chi connectivity index (χ4n) is 3.33. The first kappa shape index (κ1) is 26.2. The van der Waals surface area contributed by atoms with Crippen molar-refractivity contribution < 1.29 is 14.3 Å². The summed E-state index contributed by atoms with van der Waals surface area (Å²) in [7, 11) is 0. The molecule has 2 amide bonds. The largest absolute Gasteiger partial charge is 0.380 e. The third kappa shape index (κ3) is 11.4. The molecule has 0 aromatic heterocycles. The molecule has 30 heavy (non-hydrogen) atoms. The van der Waals surface area contributed by atoms with Gasteiger partial charge >= 0.3 is 0 Å². The summed E-state index contributed by atoms with van der Waals surface area (Å²) in [6, 6.07) is 0. The number of piperazine rings is 1. The van der Waals surface area contributed by atoms with Crippen molar-refractivity contribution in [1.29, 1.82) is 0 Å². The normalized spacial score (nSPS) is 14.9. The number of hydrogen-bond acceptors (Lipinski definition) is 4. The highest BCUT2D eigenvalue weighted by molar-refractivity contribution is 5.79. The lowest BCUT2D eigenvalue weighted by molar-refractivity contribution is -0.140. The van der Waals surface area contributed by atoms with Crippen molar-refractivity contribution in [2.45, 2.75) is 59.8 Å². The molecule has 0 atom stereocenters. The van der Waals surface area contributed by atoms with Crippen LogP contribution in [0.5, 0.6) is 0 Å². The van der Waals surface area contributed by atoms with Crippen LogP contribution in [-0.2, 0) is 14.3 Å². The minimum absolute atomic E-state index is 0.209. The summed E-state index contributed by atoms with van der Waals surface area (Å²) in [5.41, 5.74) is 0. The molecule has 1 rings (SSSR count). The van der Waals surface area contributed by atoms with Gasteiger partial charge in [-0.05, 0) is 32.6 Å². The van der Waals surface area contributed by atoms with Gasteiger partial charge in [0.2, 0.25) is 11.8 Å². The molecule has 0 aromatic rings. The quantitative estimate of drug-likeness (QED) is 0.267. The number of unbranched alkanes of at least 4 members (excludes halogenated alkanes) is 2. The predicted molar refractivity (Wildman–Crippen MR) is 122 cm³/mol. The lowest BCUT2D eigenvalue weighted by atomic mass is 10.1. The van der Waals surface area contributed by atoms with Crippen LogP contribution in [0.2, 0.25) is 0 Å². The second kappa shape index (κ2) is 15.9. The lowest BCUT2D eigenvalue weighted by Crippen LogP contribution is -2.50. The Morgan fingerprint density at radius 2 is 1.63 bits per heavy atom. The van der Waals surface area contributed by atoms with Crippen molar-refractivity contribution in [1.82, 2.24) is 20.4 Å². The van der Waals surface area contributed by atoms with Crippen molar-refractivity contribution >= 4 is 17.8 Å². The molecule has 8 nitrogen and oxygen atoms in total. The number of carbonyl (C=O) groups excluding carboxylic acids is 2. The van der Waals surface area contributed by atoms with E-state index >= 15 is 0 Å². The van der Waals surface area contributed by atoms with Gasteiger partial charge in [-0.2, -0.15) is 0 Å². The monoisotopic (exact) mass is 425 g/mol. The van der Waals surface area contributed by atoms with Gasteiger partial charge in [0.1, 0.15) is 0 Å². The van der Waals surface area contributed by atoms with Crippen LogP contribution in [0, 0.1) is 5.92 Å². The highest BCUT2D eigenvalue weighted by atomic mass is 16.5. The van der Waals surface area contributed by atoms with E-state index in [0.29, 0.717) is 51.5 Å². The number of nitrogens with one attached hydrogen (secondary N) is 2. The zero-order valence-electron chi connectivity index (χ0n) is 19.5. The van der Waals surface area contributed by atoms with Crippen LogP contribution in [0.1, 0.15) is 59.8 Å². The minimum atomic E-state index is 0.209. The Bertz CT molecular complexity index is 517. The van der Waals surface area contributed by atoms with E-state index in [1.54, 1.807) is 0 Å². The van der Waals surface area contributed by atoms with E-state index in [2.05, 4.69) is 29.5 Å². The molecule has 1 heterocycles. The summed E-state index contributed by atoms with van der Waals surface area (Å²) < 4.78 is 5.32. The van der Waals surface area contributed by atoms with Gasteiger partial charge in [-0.15, -0.1) is 0 Å². The molecular formula is C22H43N5O3. The molecule has 0 unspecified atom stereocenters. The number of amides is 2. The zero-order valence-corrected chi connectivity index (χ0v) is 19.5. The molecule has 1 fully saturated rings. The Labute approximate surface area is 182 Å². The average Bonchev–Trinajstić information content (AvgIpc) is 2.73. The number of nitrogens with zero attached hydrogens (tertiary/aromatic N) is 3. The lowest BCUT2D eigenvalue weighted by Gasteiger charge is -2.35. The second-order valence-electron chi connectivity index (χ2n) is 8.05. The number of hydrogen-bond donors (Lipinski definition) is 2. The molecule has 2 N–H and O–H groups in total. The third-order valence-corrected chi connectivity index (χ3v) is 4.97. The molecule has 1 aliphatic heterocycles. The van der Waals surface area contributed by atoms with E-state index in [4.69, 9.17) is 4.74 Å². The summed E-state index contributed by atoms with van der Waals surface area (Å²) >= 11 is 0. The standard InChI is InChI=1S/C22H43N5O3/c1-5-23-22(25-12-17-30-6-2)24-11-9-7-8-10-20(28)26-13-15-27(16-14-26)21(29)18-19(3)4/h19H,5-18H2,1-4H3,(H2,23,24,25). The van der Waals surface area contributed by atoms with Crippen molar-refractivity contribution in [2.75, 3.05) is 59.0 Å². The molecule has 0 bridgehead atoms. The fourth-order valence-corrected chi connectivity index (χ4v) is 3.33. The SMILES string of the molecule is CCNC(=NCCCCCC(=O)N1CCN(C(=O)CC(C)C)CC1)NCCOCC. The summed E-state index contributed by atoms with van der Waals surface area (Å²) in [4.78, 5) is 32.9. The summed E-state index contributed by atoms with van der Waals surface area (Å²) in [6.45, 7) is 14.5. The number of carbonyl (C=O) groups is 2. The van der Waals surface area contributed by atoms with Crippen molar-refractivity contribution in [3.8, 4) is 0 Å². The number of rotatable bonds is 13. The van der Waals surface area contributed by atoms with Crippen LogP contribution < -0.4 is 10.6 Å². The maximum Gasteiger partial charge on any atom is 0.222 e. The van der Waals surface area contributed by atoms with Crippen LogP contribution in [0.15, 0.2) is 4.99 Å². The van der Waals surface area contributed by atoms with E-state index in [-0.39, 0.29) is 11.8 Å². The Morgan fingerprint density at radius 3 is 2.23 bits per heavy atom. The topological polar surface area (TPSA) is 86.3 Å². The fraction of sp³-hybridized carbons (Fsp3) is 0.864. The Kier molecular flexibility index (Phi) is 13.9. The van der Waals surface area contributed by atoms with Gasteiger partial charge in [-0.1, -0.05) is 20.3 Å². The predicted octanol–water partition coefficient (Wildman–Crippen LogP) is 1.86. The number of aliphatic imine (C=N–C) groups is 1. The smallest absolute Gasteiger partial charge is 0.222 e. The highest BCUT2D eigenvalue weighted by Gasteiger charge is 2.23. The van der Waals surface area contributed by atoms with E-state index < -0.39 is 0 Å². The van der Waals surface area contributed by atoms with Gasteiger partial charge in [0.25, 0.3) is 0 Å². The van der Waals surface area contributed by atoms with Crippen molar-refractivity contribution in [3.05, 3.63) is 0 Å². The number of guanidine groups is 1. The van der Waals surface area contributed by atoms with Crippen LogP contribution in [0.4, 0.5) is 0 Å². The summed E-state index contributed by atoms with van der Waals surface area (Å²) in [5.74, 6) is 1.61. The van der Waals surface area contributed by atoms with E-state index in [9.17, 15) is 9.59 Å². The first-order valence-corrected chi connectivity index (χ1v) is 11.6. The van der Waals surface area contributed by atoms with E-state index in [0.717, 1.165) is 51.5 Å². The first-order valence-electron chi connectivity index (χ1n) is 11.6. The van der Waals surface area contributed by atoms with Crippen LogP contribution >= 0.6 is 0 Å². The molecule has 0 saturated carbocycles. The molecule has 8 heteroatoms. The van der Waals surface area contributed by atoms with Gasteiger partial charge in [0.15, 0.2) is 5.96 Å². The molecule has 1 aliphatic rings. The van der Waals surface area contributed by atoms with Gasteiger partial charge in [0, 0.05) is 65.3 Å². The van der Waals surface area contributed by atoms with Gasteiger partial charge < -0.3 is 25.2 Å². The maximum absolute atomic E-state index is 12.4. The maximum atomic E-state index is 12.4. The van der Waals surface area contributed by atoms with E-state index in [1.165, 1.54) is 0 Å². The molecule has 0 radical (unpaired) electrons. The average molecular weight is 426 g/mol. The van der Waals surface area contributed by atoms with Crippen LogP contribution in [0.3, 0.4) is 0 Å². The molecule has 0 aliphatic carbocycles. The van der Waals surface area contributed by atoms with Crippen LogP contribution in [0.25, 0.3) is 0 Å². The molecule has 0 spiro atoms. The Morgan fingerprint density at radius 1 is 0.967 bits per heavy atom. The molecular weight excluding hydrogens is 382 g/mol. The van der Waals surface area contributed by atoms with Gasteiger partial charge in [-0.25, -0.2) is 0 Å². The first-order chi connectivity index (χ1) is 14.5. The zero-order chi connectivity index (χ0) is 22.2. The molecule has 0 aromatic carbocycles. The second-order valence-corrected chi connectivity index (χ2v) is 8.05. The van der Waals surface area contributed by atoms with Gasteiger partial charge in [-0.3, -0.25) is 14.6 Å². The van der Waals surface area contributed by atoms with Crippen molar-refractivity contribution in [3.63, 3.8) is 0 Å². The summed E-state index contributed by atoms with van der Waals surface area (Å²) in [5, 5.41) is 6.48. The van der Waals surface area contributed by atoms with Crippen molar-refractivity contribution in [2.24, 2.45) is 10.9 Å². The van der Waals surface area contributed by atoms with E-state index in [1.807, 2.05) is 23.6 Å². The van der Waals surface area contributed by atoms with Crippen LogP contribution in [-0.4, -0.2) is 86.6 Å². The minimum Gasteiger partial charge on any atom is -0.380 e. The third-order valence-electron chi connectivity index (χ3n) is 4.97. The van der Waals surface area contributed by atoms with Gasteiger partial charge in [0.05, 0.1) is 6.61 Å². The molecule has 174 valence electrons. The Balaban J connectivity index is 2.17.